The molecule has 2 aromatic carbocycles. The molecule has 0 aliphatic carbocycles. The maximum atomic E-state index is 13.8. The van der Waals surface area contributed by atoms with Crippen molar-refractivity contribution < 1.29 is 17.5 Å². The molecule has 0 unspecified atom stereocenters. The molecule has 1 atom stereocenters. The molecule has 7 nitrogen and oxygen atoms in total. The number of hydrogen-bond acceptors (Lipinski definition) is 5. The van der Waals surface area contributed by atoms with Crippen LogP contribution in [0.2, 0.25) is 0 Å². The van der Waals surface area contributed by atoms with Crippen molar-refractivity contribution in [2.24, 2.45) is 0 Å². The molecule has 9 heteroatoms. The average Bonchev–Trinajstić information content (AvgIpc) is 3.21. The molecule has 3 rings (SSSR count). The third kappa shape index (κ3) is 5.95. The van der Waals surface area contributed by atoms with E-state index in [1.54, 1.807) is 11.5 Å². The van der Waals surface area contributed by atoms with Gasteiger partial charge in [0.2, 0.25) is 10.0 Å². The Morgan fingerprint density at radius 2 is 1.47 bits per heavy atom. The Morgan fingerprint density at radius 1 is 0.917 bits per heavy atom. The first-order valence-electron chi connectivity index (χ1n) is 12.4. The van der Waals surface area contributed by atoms with Crippen molar-refractivity contribution in [2.75, 3.05) is 0 Å². The van der Waals surface area contributed by atoms with Crippen LogP contribution in [0.15, 0.2) is 41.3 Å². The molecule has 0 saturated heterocycles. The molecule has 0 fully saturated rings. The molecule has 196 valence electrons. The quantitative estimate of drug-likeness (QED) is 0.326. The lowest BCUT2D eigenvalue weighted by atomic mass is 9.89. The number of hydrogen-bond donors (Lipinski definition) is 1. The molecule has 1 heterocycles. The smallest absolute Gasteiger partial charge is 0.322 e. The maximum Gasteiger partial charge on any atom is 0.322 e. The van der Waals surface area contributed by atoms with Gasteiger partial charge in [-0.3, -0.25) is 4.57 Å². The first kappa shape index (κ1) is 27.8. The van der Waals surface area contributed by atoms with Gasteiger partial charge in [0.25, 0.3) is 0 Å². The first-order chi connectivity index (χ1) is 16.9. The van der Waals surface area contributed by atoms with Crippen LogP contribution in [0.25, 0.3) is 0 Å². The highest BCUT2D eigenvalue weighted by molar-refractivity contribution is 7.89. The van der Waals surface area contributed by atoms with E-state index in [9.17, 15) is 12.8 Å². The summed E-state index contributed by atoms with van der Waals surface area (Å²) in [6.07, 6.45) is 0. The van der Waals surface area contributed by atoms with Crippen LogP contribution in [0.5, 0.6) is 11.8 Å². The Bertz CT molecular complexity index is 1270. The predicted octanol–water partition coefficient (Wildman–Crippen LogP) is 6.64. The number of sulfonamides is 1. The summed E-state index contributed by atoms with van der Waals surface area (Å²) in [5.41, 5.74) is 2.74. The van der Waals surface area contributed by atoms with Gasteiger partial charge in [0.05, 0.1) is 10.9 Å². The number of benzene rings is 2. The number of ether oxygens (including phenoxy) is 1. The zero-order chi connectivity index (χ0) is 26.8. The molecule has 3 aromatic rings. The Labute approximate surface area is 214 Å². The van der Waals surface area contributed by atoms with Gasteiger partial charge in [-0.25, -0.2) is 17.5 Å². The summed E-state index contributed by atoms with van der Waals surface area (Å²) in [4.78, 5) is 0.342. The second kappa shape index (κ2) is 11.1. The molecule has 1 aromatic heterocycles. The van der Waals surface area contributed by atoms with E-state index in [4.69, 9.17) is 4.74 Å². The van der Waals surface area contributed by atoms with E-state index in [2.05, 4.69) is 28.8 Å². The summed E-state index contributed by atoms with van der Waals surface area (Å²) >= 11 is 0. The normalized spacial score (nSPS) is 13.1. The van der Waals surface area contributed by atoms with Crippen molar-refractivity contribution in [3.8, 4) is 11.8 Å². The van der Waals surface area contributed by atoms with E-state index in [1.165, 1.54) is 24.3 Å². The van der Waals surface area contributed by atoms with E-state index in [0.717, 1.165) is 16.7 Å². The number of aromatic nitrogens is 3. The van der Waals surface area contributed by atoms with Crippen LogP contribution in [-0.4, -0.2) is 23.2 Å². The van der Waals surface area contributed by atoms with Gasteiger partial charge in [-0.05, 0) is 72.6 Å². The van der Waals surface area contributed by atoms with Gasteiger partial charge in [-0.2, -0.15) is 0 Å². The molecular formula is C27H37FN4O3S. The summed E-state index contributed by atoms with van der Waals surface area (Å²) in [6.45, 7) is 16.4. The maximum absolute atomic E-state index is 13.8. The standard InChI is InChI=1S/C27H37FN4O3S/c1-9-32-26(29-30-27(32)35-22-12-10-21(28)11-13-22)19(8)31-36(33,34)25-23(17(4)5)14-20(16(2)3)15-24(25)18(6)7/h10-19,31H,9H2,1-8H3/t19-/m1/s1. The minimum Gasteiger partial charge on any atom is -0.424 e. The minimum absolute atomic E-state index is 0.0260. The number of rotatable bonds is 10. The molecule has 36 heavy (non-hydrogen) atoms. The van der Waals surface area contributed by atoms with Crippen LogP contribution in [0.3, 0.4) is 0 Å². The van der Waals surface area contributed by atoms with E-state index in [1.807, 2.05) is 46.8 Å². The van der Waals surface area contributed by atoms with Crippen LogP contribution in [0.1, 0.15) is 102 Å². The third-order valence-electron chi connectivity index (χ3n) is 6.15. The van der Waals surface area contributed by atoms with E-state index in [0.29, 0.717) is 23.0 Å². The molecule has 0 bridgehead atoms. The lowest BCUT2D eigenvalue weighted by molar-refractivity contribution is 0.407. The van der Waals surface area contributed by atoms with E-state index >= 15 is 0 Å². The van der Waals surface area contributed by atoms with Gasteiger partial charge in [-0.1, -0.05) is 58.8 Å². The largest absolute Gasteiger partial charge is 0.424 e. The van der Waals surface area contributed by atoms with Gasteiger partial charge in [-0.15, -0.1) is 5.10 Å². The van der Waals surface area contributed by atoms with Gasteiger partial charge < -0.3 is 4.74 Å². The Balaban J connectivity index is 1.99. The topological polar surface area (TPSA) is 86.1 Å². The zero-order valence-electron chi connectivity index (χ0n) is 22.3. The fraction of sp³-hybridized carbons (Fsp3) is 0.481. The van der Waals surface area contributed by atoms with Gasteiger partial charge in [0, 0.05) is 6.54 Å². The molecule has 0 spiro atoms. The fourth-order valence-electron chi connectivity index (χ4n) is 4.15. The van der Waals surface area contributed by atoms with Crippen molar-refractivity contribution in [3.05, 3.63) is 64.7 Å². The summed E-state index contributed by atoms with van der Waals surface area (Å²) < 4.78 is 51.2. The van der Waals surface area contributed by atoms with Crippen LogP contribution < -0.4 is 9.46 Å². The van der Waals surface area contributed by atoms with Gasteiger partial charge in [0.1, 0.15) is 11.6 Å². The van der Waals surface area contributed by atoms with Crippen LogP contribution in [0.4, 0.5) is 4.39 Å². The second-order valence-electron chi connectivity index (χ2n) is 9.98. The van der Waals surface area contributed by atoms with E-state index < -0.39 is 16.1 Å². The van der Waals surface area contributed by atoms with Crippen LogP contribution in [0, 0.1) is 5.82 Å². The van der Waals surface area contributed by atoms with E-state index in [-0.39, 0.29) is 29.6 Å². The third-order valence-corrected chi connectivity index (χ3v) is 7.82. The monoisotopic (exact) mass is 516 g/mol. The molecular weight excluding hydrogens is 479 g/mol. The number of nitrogens with zero attached hydrogens (tertiary/aromatic N) is 3. The molecule has 1 N–H and O–H groups in total. The Morgan fingerprint density at radius 3 is 1.94 bits per heavy atom. The predicted molar refractivity (Wildman–Crippen MR) is 140 cm³/mol. The summed E-state index contributed by atoms with van der Waals surface area (Å²) in [5.74, 6) is 0.800. The lowest BCUT2D eigenvalue weighted by Crippen LogP contribution is -2.31. The van der Waals surface area contributed by atoms with Crippen molar-refractivity contribution >= 4 is 10.0 Å². The van der Waals surface area contributed by atoms with Crippen LogP contribution >= 0.6 is 0 Å². The van der Waals surface area contributed by atoms with Crippen LogP contribution in [-0.2, 0) is 16.6 Å². The molecule has 0 aliphatic rings. The lowest BCUT2D eigenvalue weighted by Gasteiger charge is -2.24. The van der Waals surface area contributed by atoms with Crippen molar-refractivity contribution in [1.82, 2.24) is 19.5 Å². The van der Waals surface area contributed by atoms with Crippen molar-refractivity contribution in [1.29, 1.82) is 0 Å². The Hall–Kier alpha value is -2.78. The zero-order valence-corrected chi connectivity index (χ0v) is 23.1. The fourth-order valence-corrected chi connectivity index (χ4v) is 6.04. The SMILES string of the molecule is CCn1c(Oc2ccc(F)cc2)nnc1[C@@H](C)NS(=O)(=O)c1c(C(C)C)cc(C(C)C)cc1C(C)C. The highest BCUT2D eigenvalue weighted by Crippen LogP contribution is 2.36. The molecule has 0 aliphatic heterocycles. The minimum atomic E-state index is -3.89. The average molecular weight is 517 g/mol. The highest BCUT2D eigenvalue weighted by Gasteiger charge is 2.30. The van der Waals surface area contributed by atoms with Gasteiger partial charge >= 0.3 is 6.01 Å². The number of halogens is 1. The summed E-state index contributed by atoms with van der Waals surface area (Å²) in [5, 5.41) is 8.33. The first-order valence-corrected chi connectivity index (χ1v) is 13.9. The van der Waals surface area contributed by atoms with Gasteiger partial charge in [0.15, 0.2) is 5.82 Å². The molecule has 0 amide bonds. The summed E-state index contributed by atoms with van der Waals surface area (Å²) in [6, 6.07) is 9.16. The molecule has 0 radical (unpaired) electrons. The summed E-state index contributed by atoms with van der Waals surface area (Å²) in [7, 11) is -3.89. The number of nitrogens with one attached hydrogen (secondary N) is 1. The molecule has 0 saturated carbocycles. The van der Waals surface area contributed by atoms with Crippen molar-refractivity contribution in [3.63, 3.8) is 0 Å². The second-order valence-corrected chi connectivity index (χ2v) is 11.6. The Kier molecular flexibility index (Phi) is 8.56. The van der Waals surface area contributed by atoms with Crippen molar-refractivity contribution in [2.45, 2.75) is 90.6 Å². The highest BCUT2D eigenvalue weighted by atomic mass is 32.2.